The van der Waals surface area contributed by atoms with Gasteiger partial charge in [0.25, 0.3) is 0 Å². The lowest BCUT2D eigenvalue weighted by Crippen LogP contribution is -2.45. The van der Waals surface area contributed by atoms with Crippen molar-refractivity contribution in [2.45, 2.75) is 37.4 Å². The van der Waals surface area contributed by atoms with Crippen LogP contribution in [0.4, 0.5) is 4.79 Å². The Bertz CT molecular complexity index is 328. The summed E-state index contributed by atoms with van der Waals surface area (Å²) >= 11 is 1.91. The molecular weight excluding hydrogens is 264 g/mol. The zero-order valence-electron chi connectivity index (χ0n) is 11.1. The summed E-state index contributed by atoms with van der Waals surface area (Å²) in [4.78, 5) is 24.3. The molecule has 2 fully saturated rings. The number of thioether (sulfide) groups is 1. The van der Waals surface area contributed by atoms with Crippen LogP contribution in [0.2, 0.25) is 0 Å². The zero-order valence-corrected chi connectivity index (χ0v) is 12.0. The average Bonchev–Trinajstić information content (AvgIpc) is 3.20. The number of carboxylic acid groups (broad SMARTS) is 1. The molecule has 6 heteroatoms. The molecule has 1 aliphatic heterocycles. The Kier molecular flexibility index (Phi) is 5.36. The minimum atomic E-state index is -0.942. The minimum absolute atomic E-state index is 0.194. The van der Waals surface area contributed by atoms with Crippen LogP contribution in [-0.4, -0.2) is 52.6 Å². The minimum Gasteiger partial charge on any atom is -0.480 e. The Morgan fingerprint density at radius 1 is 1.26 bits per heavy atom. The van der Waals surface area contributed by atoms with Gasteiger partial charge in [0, 0.05) is 18.3 Å². The van der Waals surface area contributed by atoms with E-state index >= 15 is 0 Å². The highest BCUT2D eigenvalue weighted by Crippen LogP contribution is 2.29. The van der Waals surface area contributed by atoms with Crippen molar-refractivity contribution in [3.05, 3.63) is 0 Å². The Morgan fingerprint density at radius 3 is 2.63 bits per heavy atom. The number of hydrogen-bond donors (Lipinski definition) is 2. The molecule has 1 aliphatic carbocycles. The van der Waals surface area contributed by atoms with Crippen molar-refractivity contribution in [3.63, 3.8) is 0 Å². The highest BCUT2D eigenvalue weighted by Gasteiger charge is 2.28. The van der Waals surface area contributed by atoms with Gasteiger partial charge in [-0.2, -0.15) is 11.8 Å². The molecule has 0 aromatic rings. The van der Waals surface area contributed by atoms with Crippen LogP contribution in [-0.2, 0) is 4.79 Å². The van der Waals surface area contributed by atoms with Crippen LogP contribution in [0.5, 0.6) is 0 Å². The van der Waals surface area contributed by atoms with Crippen LogP contribution < -0.4 is 5.32 Å². The number of amides is 2. The molecule has 2 N–H and O–H groups in total. The molecule has 2 aliphatic rings. The zero-order chi connectivity index (χ0) is 13.7. The van der Waals surface area contributed by atoms with E-state index in [-0.39, 0.29) is 12.6 Å². The number of urea groups is 1. The molecule has 19 heavy (non-hydrogen) atoms. The van der Waals surface area contributed by atoms with Crippen LogP contribution >= 0.6 is 11.8 Å². The molecule has 0 aromatic heterocycles. The van der Waals surface area contributed by atoms with E-state index in [0.29, 0.717) is 24.3 Å². The van der Waals surface area contributed by atoms with Crippen molar-refractivity contribution in [2.75, 3.05) is 25.4 Å². The Balaban J connectivity index is 1.74. The summed E-state index contributed by atoms with van der Waals surface area (Å²) in [5, 5.41) is 12.2. The second kappa shape index (κ2) is 7.03. The summed E-state index contributed by atoms with van der Waals surface area (Å²) in [6, 6.07) is -0.222. The monoisotopic (exact) mass is 286 g/mol. The van der Waals surface area contributed by atoms with Crippen LogP contribution in [0, 0.1) is 5.92 Å². The van der Waals surface area contributed by atoms with E-state index in [2.05, 4.69) is 5.32 Å². The molecule has 1 saturated heterocycles. The molecule has 0 aromatic carbocycles. The van der Waals surface area contributed by atoms with E-state index in [1.54, 1.807) is 0 Å². The first-order valence-electron chi connectivity index (χ1n) is 7.01. The van der Waals surface area contributed by atoms with Gasteiger partial charge in [-0.25, -0.2) is 4.79 Å². The fourth-order valence-corrected chi connectivity index (χ4v) is 3.51. The highest BCUT2D eigenvalue weighted by molar-refractivity contribution is 7.99. The number of aliphatic carboxylic acids is 1. The van der Waals surface area contributed by atoms with Crippen LogP contribution in [0.15, 0.2) is 0 Å². The fourth-order valence-electron chi connectivity index (χ4n) is 2.28. The van der Waals surface area contributed by atoms with Crippen molar-refractivity contribution in [1.29, 1.82) is 0 Å². The van der Waals surface area contributed by atoms with Crippen LogP contribution in [0.3, 0.4) is 0 Å². The van der Waals surface area contributed by atoms with Crippen molar-refractivity contribution < 1.29 is 14.7 Å². The molecule has 0 radical (unpaired) electrons. The number of carbonyl (C=O) groups is 2. The maximum atomic E-state index is 12.0. The molecule has 5 nitrogen and oxygen atoms in total. The third-order valence-electron chi connectivity index (χ3n) is 3.54. The van der Waals surface area contributed by atoms with E-state index in [4.69, 9.17) is 5.11 Å². The van der Waals surface area contributed by atoms with Gasteiger partial charge in [0.2, 0.25) is 0 Å². The molecule has 2 rings (SSSR count). The molecule has 1 saturated carbocycles. The summed E-state index contributed by atoms with van der Waals surface area (Å²) in [6.45, 7) is 1.04. The molecule has 0 bridgehead atoms. The molecule has 2 amide bonds. The number of hydrogen-bond acceptors (Lipinski definition) is 3. The number of nitrogens with one attached hydrogen (secondary N) is 1. The first-order chi connectivity index (χ1) is 9.15. The van der Waals surface area contributed by atoms with E-state index in [9.17, 15) is 9.59 Å². The highest BCUT2D eigenvalue weighted by atomic mass is 32.2. The van der Waals surface area contributed by atoms with Crippen molar-refractivity contribution in [2.24, 2.45) is 5.92 Å². The number of carbonyl (C=O) groups excluding carboxylic acids is 1. The molecule has 1 atom stereocenters. The third kappa shape index (κ3) is 5.30. The van der Waals surface area contributed by atoms with E-state index in [0.717, 1.165) is 19.3 Å². The predicted molar refractivity (Wildman–Crippen MR) is 75.4 cm³/mol. The van der Waals surface area contributed by atoms with Gasteiger partial charge in [-0.1, -0.05) is 6.42 Å². The number of carboxylic acids is 1. The average molecular weight is 286 g/mol. The van der Waals surface area contributed by atoms with Crippen molar-refractivity contribution in [3.8, 4) is 0 Å². The van der Waals surface area contributed by atoms with E-state index < -0.39 is 5.97 Å². The number of nitrogens with zero attached hydrogens (tertiary/aromatic N) is 1. The molecular formula is C13H22N2O3S. The third-order valence-corrected chi connectivity index (χ3v) is 4.94. The molecule has 0 spiro atoms. The van der Waals surface area contributed by atoms with Gasteiger partial charge in [0.15, 0.2) is 0 Å². The van der Waals surface area contributed by atoms with Crippen molar-refractivity contribution >= 4 is 23.8 Å². The van der Waals surface area contributed by atoms with Gasteiger partial charge in [0.1, 0.15) is 6.54 Å². The smallest absolute Gasteiger partial charge is 0.323 e. The maximum absolute atomic E-state index is 12.0. The van der Waals surface area contributed by atoms with Crippen LogP contribution in [0.1, 0.15) is 32.1 Å². The summed E-state index contributed by atoms with van der Waals surface area (Å²) in [7, 11) is 0. The van der Waals surface area contributed by atoms with E-state index in [1.165, 1.54) is 23.5 Å². The summed E-state index contributed by atoms with van der Waals surface area (Å²) in [5.74, 6) is 0.735. The molecule has 1 heterocycles. The SMILES string of the molecule is O=C(O)CN(CC1CC1)C(=O)NCC1CCCCS1. The normalized spacial score (nSPS) is 22.8. The molecule has 108 valence electrons. The van der Waals surface area contributed by atoms with Gasteiger partial charge >= 0.3 is 12.0 Å². The summed E-state index contributed by atoms with van der Waals surface area (Å²) in [6.07, 6.45) is 5.87. The second-order valence-corrected chi connectivity index (χ2v) is 6.80. The van der Waals surface area contributed by atoms with Crippen LogP contribution in [0.25, 0.3) is 0 Å². The lowest BCUT2D eigenvalue weighted by atomic mass is 10.2. The largest absolute Gasteiger partial charge is 0.480 e. The Hall–Kier alpha value is -0.910. The predicted octanol–water partition coefficient (Wildman–Crippen LogP) is 1.78. The Morgan fingerprint density at radius 2 is 2.05 bits per heavy atom. The van der Waals surface area contributed by atoms with Gasteiger partial charge in [0.05, 0.1) is 0 Å². The van der Waals surface area contributed by atoms with E-state index in [1.807, 2.05) is 11.8 Å². The Labute approximate surface area is 118 Å². The van der Waals surface area contributed by atoms with Gasteiger partial charge in [-0.15, -0.1) is 0 Å². The van der Waals surface area contributed by atoms with Crippen molar-refractivity contribution in [1.82, 2.24) is 10.2 Å². The lowest BCUT2D eigenvalue weighted by molar-refractivity contribution is -0.137. The first-order valence-corrected chi connectivity index (χ1v) is 8.06. The van der Waals surface area contributed by atoms with Gasteiger partial charge in [-0.3, -0.25) is 4.79 Å². The van der Waals surface area contributed by atoms with Gasteiger partial charge in [-0.05, 0) is 37.4 Å². The van der Waals surface area contributed by atoms with Gasteiger partial charge < -0.3 is 15.3 Å². The lowest BCUT2D eigenvalue weighted by Gasteiger charge is -2.25. The number of rotatable bonds is 6. The molecule has 1 unspecified atom stereocenters. The standard InChI is InChI=1S/C13H22N2O3S/c16-12(17)9-15(8-10-4-5-10)13(18)14-7-11-3-1-2-6-19-11/h10-11H,1-9H2,(H,14,18)(H,16,17). The topological polar surface area (TPSA) is 69.6 Å². The summed E-state index contributed by atoms with van der Waals surface area (Å²) in [5.41, 5.74) is 0. The maximum Gasteiger partial charge on any atom is 0.323 e. The quantitative estimate of drug-likeness (QED) is 0.781. The second-order valence-electron chi connectivity index (χ2n) is 5.39. The summed E-state index contributed by atoms with van der Waals surface area (Å²) < 4.78 is 0. The fraction of sp³-hybridized carbons (Fsp3) is 0.846. The first kappa shape index (κ1) is 14.5.